The molecule has 0 saturated carbocycles. The SMILES string of the molecule is Brc1cccnc1N1CCC(COc2ccncc2)CC1. The Morgan fingerprint density at radius 1 is 1.14 bits per heavy atom. The van der Waals surface area contributed by atoms with E-state index in [0.717, 1.165) is 48.6 Å². The summed E-state index contributed by atoms with van der Waals surface area (Å²) in [5.74, 6) is 2.56. The molecule has 4 nitrogen and oxygen atoms in total. The van der Waals surface area contributed by atoms with Gasteiger partial charge in [-0.15, -0.1) is 0 Å². The van der Waals surface area contributed by atoms with Gasteiger partial charge in [0.1, 0.15) is 11.6 Å². The first-order chi connectivity index (χ1) is 10.3. The highest BCUT2D eigenvalue weighted by Gasteiger charge is 2.21. The predicted molar refractivity (Wildman–Crippen MR) is 86.6 cm³/mol. The van der Waals surface area contributed by atoms with E-state index in [2.05, 4.69) is 30.8 Å². The summed E-state index contributed by atoms with van der Waals surface area (Å²) in [4.78, 5) is 10.8. The maximum atomic E-state index is 5.83. The van der Waals surface area contributed by atoms with Crippen LogP contribution in [0.5, 0.6) is 5.75 Å². The second-order valence-electron chi connectivity index (χ2n) is 5.23. The number of anilines is 1. The number of ether oxygens (including phenoxy) is 1. The van der Waals surface area contributed by atoms with Crippen molar-refractivity contribution in [3.8, 4) is 5.75 Å². The fraction of sp³-hybridized carbons (Fsp3) is 0.375. The summed E-state index contributed by atoms with van der Waals surface area (Å²) in [6, 6.07) is 7.80. The van der Waals surface area contributed by atoms with Crippen molar-refractivity contribution in [3.05, 3.63) is 47.3 Å². The molecular weight excluding hydrogens is 330 g/mol. The Balaban J connectivity index is 1.50. The maximum absolute atomic E-state index is 5.83. The molecule has 0 radical (unpaired) electrons. The molecule has 2 aromatic heterocycles. The Bertz CT molecular complexity index is 571. The van der Waals surface area contributed by atoms with Crippen molar-refractivity contribution in [3.63, 3.8) is 0 Å². The normalized spacial score (nSPS) is 16.0. The van der Waals surface area contributed by atoms with Gasteiger partial charge in [0.05, 0.1) is 11.1 Å². The summed E-state index contributed by atoms with van der Waals surface area (Å²) in [5, 5.41) is 0. The smallest absolute Gasteiger partial charge is 0.142 e. The number of pyridine rings is 2. The lowest BCUT2D eigenvalue weighted by atomic mass is 9.98. The van der Waals surface area contributed by atoms with E-state index in [-0.39, 0.29) is 0 Å². The third-order valence-electron chi connectivity index (χ3n) is 3.79. The highest BCUT2D eigenvalue weighted by Crippen LogP contribution is 2.27. The van der Waals surface area contributed by atoms with E-state index in [4.69, 9.17) is 4.74 Å². The molecular formula is C16H18BrN3O. The molecule has 0 N–H and O–H groups in total. The Morgan fingerprint density at radius 2 is 1.90 bits per heavy atom. The van der Waals surface area contributed by atoms with Crippen LogP contribution in [0.25, 0.3) is 0 Å². The molecule has 0 aliphatic carbocycles. The molecule has 0 bridgehead atoms. The van der Waals surface area contributed by atoms with E-state index in [1.807, 2.05) is 30.5 Å². The van der Waals surface area contributed by atoms with E-state index < -0.39 is 0 Å². The number of nitrogens with zero attached hydrogens (tertiary/aromatic N) is 3. The van der Waals surface area contributed by atoms with Crippen LogP contribution in [0.4, 0.5) is 5.82 Å². The van der Waals surface area contributed by atoms with Crippen LogP contribution in [0.1, 0.15) is 12.8 Å². The van der Waals surface area contributed by atoms with Gasteiger partial charge in [0.2, 0.25) is 0 Å². The van der Waals surface area contributed by atoms with Crippen molar-refractivity contribution < 1.29 is 4.74 Å². The van der Waals surface area contributed by atoms with Gasteiger partial charge in [-0.2, -0.15) is 0 Å². The van der Waals surface area contributed by atoms with E-state index >= 15 is 0 Å². The average Bonchev–Trinajstić information content (AvgIpc) is 2.55. The monoisotopic (exact) mass is 347 g/mol. The molecule has 1 saturated heterocycles. The average molecular weight is 348 g/mol. The van der Waals surface area contributed by atoms with Crippen LogP contribution < -0.4 is 9.64 Å². The highest BCUT2D eigenvalue weighted by atomic mass is 79.9. The van der Waals surface area contributed by atoms with Gasteiger partial charge in [0.25, 0.3) is 0 Å². The third kappa shape index (κ3) is 3.73. The van der Waals surface area contributed by atoms with Crippen LogP contribution in [0, 0.1) is 5.92 Å². The molecule has 0 aromatic carbocycles. The van der Waals surface area contributed by atoms with E-state index in [1.54, 1.807) is 12.4 Å². The fourth-order valence-corrected chi connectivity index (χ4v) is 3.08. The predicted octanol–water partition coefficient (Wildman–Crippen LogP) is 3.53. The van der Waals surface area contributed by atoms with E-state index in [9.17, 15) is 0 Å². The molecule has 1 aliphatic rings. The fourth-order valence-electron chi connectivity index (χ4n) is 2.57. The summed E-state index contributed by atoms with van der Waals surface area (Å²) in [7, 11) is 0. The zero-order chi connectivity index (χ0) is 14.5. The highest BCUT2D eigenvalue weighted by molar-refractivity contribution is 9.10. The number of aromatic nitrogens is 2. The lowest BCUT2D eigenvalue weighted by Crippen LogP contribution is -2.36. The van der Waals surface area contributed by atoms with Crippen LogP contribution in [0.15, 0.2) is 47.3 Å². The first kappa shape index (κ1) is 14.3. The number of hydrogen-bond acceptors (Lipinski definition) is 4. The molecule has 0 atom stereocenters. The summed E-state index contributed by atoms with van der Waals surface area (Å²) < 4.78 is 6.89. The molecule has 21 heavy (non-hydrogen) atoms. The lowest BCUT2D eigenvalue weighted by Gasteiger charge is -2.33. The van der Waals surface area contributed by atoms with Gasteiger partial charge >= 0.3 is 0 Å². The molecule has 3 heterocycles. The maximum Gasteiger partial charge on any atom is 0.142 e. The van der Waals surface area contributed by atoms with Gasteiger partial charge < -0.3 is 9.64 Å². The van der Waals surface area contributed by atoms with Crippen molar-refractivity contribution in [1.29, 1.82) is 0 Å². The van der Waals surface area contributed by atoms with Crippen molar-refractivity contribution in [2.45, 2.75) is 12.8 Å². The van der Waals surface area contributed by atoms with Gasteiger partial charge in [-0.3, -0.25) is 4.98 Å². The second-order valence-corrected chi connectivity index (χ2v) is 6.09. The van der Waals surface area contributed by atoms with Crippen molar-refractivity contribution in [2.24, 2.45) is 5.92 Å². The van der Waals surface area contributed by atoms with E-state index in [1.165, 1.54) is 0 Å². The number of halogens is 1. The van der Waals surface area contributed by atoms with Gasteiger partial charge in [0, 0.05) is 31.7 Å². The Kier molecular flexibility index (Phi) is 4.70. The molecule has 110 valence electrons. The minimum absolute atomic E-state index is 0.608. The summed E-state index contributed by atoms with van der Waals surface area (Å²) in [6.07, 6.45) is 7.63. The van der Waals surface area contributed by atoms with Gasteiger partial charge in [0.15, 0.2) is 0 Å². The lowest BCUT2D eigenvalue weighted by molar-refractivity contribution is 0.222. The molecule has 1 fully saturated rings. The molecule has 3 rings (SSSR count). The summed E-state index contributed by atoms with van der Waals surface area (Å²) in [6.45, 7) is 2.83. The first-order valence-corrected chi connectivity index (χ1v) is 8.00. The molecule has 0 unspecified atom stereocenters. The van der Waals surface area contributed by atoms with E-state index in [0.29, 0.717) is 5.92 Å². The quantitative estimate of drug-likeness (QED) is 0.847. The van der Waals surface area contributed by atoms with Crippen molar-refractivity contribution in [2.75, 3.05) is 24.6 Å². The van der Waals surface area contributed by atoms with Crippen LogP contribution in [-0.4, -0.2) is 29.7 Å². The minimum atomic E-state index is 0.608. The van der Waals surface area contributed by atoms with Crippen molar-refractivity contribution >= 4 is 21.7 Å². The molecule has 2 aromatic rings. The molecule has 0 amide bonds. The largest absolute Gasteiger partial charge is 0.493 e. The zero-order valence-electron chi connectivity index (χ0n) is 11.8. The van der Waals surface area contributed by atoms with Crippen LogP contribution in [0.2, 0.25) is 0 Å². The zero-order valence-corrected chi connectivity index (χ0v) is 13.4. The van der Waals surface area contributed by atoms with Crippen LogP contribution in [-0.2, 0) is 0 Å². The second kappa shape index (κ2) is 6.89. The standard InChI is InChI=1S/C16H18BrN3O/c17-15-2-1-7-19-16(15)20-10-5-13(6-11-20)12-21-14-3-8-18-9-4-14/h1-4,7-9,13H,5-6,10-12H2. The van der Waals surface area contributed by atoms with Crippen LogP contribution in [0.3, 0.4) is 0 Å². The molecule has 1 aliphatic heterocycles. The Labute approximate surface area is 133 Å². The number of piperidine rings is 1. The van der Waals surface area contributed by atoms with Gasteiger partial charge in [-0.1, -0.05) is 0 Å². The van der Waals surface area contributed by atoms with Crippen molar-refractivity contribution in [1.82, 2.24) is 9.97 Å². The Hall–Kier alpha value is -1.62. The summed E-state index contributed by atoms with van der Waals surface area (Å²) in [5.41, 5.74) is 0. The Morgan fingerprint density at radius 3 is 2.62 bits per heavy atom. The molecule has 5 heteroatoms. The number of rotatable bonds is 4. The topological polar surface area (TPSA) is 38.2 Å². The third-order valence-corrected chi connectivity index (χ3v) is 4.41. The summed E-state index contributed by atoms with van der Waals surface area (Å²) >= 11 is 3.57. The minimum Gasteiger partial charge on any atom is -0.493 e. The van der Waals surface area contributed by atoms with Crippen LogP contribution >= 0.6 is 15.9 Å². The molecule has 0 spiro atoms. The first-order valence-electron chi connectivity index (χ1n) is 7.21. The van der Waals surface area contributed by atoms with Gasteiger partial charge in [-0.05, 0) is 59.0 Å². The number of hydrogen-bond donors (Lipinski definition) is 0. The van der Waals surface area contributed by atoms with Gasteiger partial charge in [-0.25, -0.2) is 4.98 Å².